The van der Waals surface area contributed by atoms with Crippen LogP contribution in [0.25, 0.3) is 0 Å². The van der Waals surface area contributed by atoms with Gasteiger partial charge in [-0.2, -0.15) is 0 Å². The zero-order valence-electron chi connectivity index (χ0n) is 37.8. The quantitative estimate of drug-likeness (QED) is 0.0212. The van der Waals surface area contributed by atoms with Gasteiger partial charge in [-0.05, 0) is 62.2 Å². The zero-order chi connectivity index (χ0) is 48.4. The Hall–Kier alpha value is -7.40. The van der Waals surface area contributed by atoms with E-state index in [9.17, 15) is 14.4 Å². The standard InChI is InChI=1S/C53H48N6O7S3/c1-52(2,3)65-51(62)57-50-55-41(34-69-50)42(58-66-53(38-26-13-6-14-27-38,39-28-15-7-16-29-39)40-30-17-8-18-31-40)46(60)56-43-47(61)59-44(37(33-68-48(43)59)25-19-20-32-54-63)49(67)64-45(35-21-9-4-10-22-35)36-23-11-5-12-24-36/h4-24,26-32,34,43,45,48,63H,25,33H2,1-3H3,(H,56,60)(H,55,57,62)/b20-19-,54-32+,58-42-/t43?,48-/m1/s1. The lowest BCUT2D eigenvalue weighted by atomic mass is 9.80. The van der Waals surface area contributed by atoms with Gasteiger partial charge in [0, 0.05) is 27.8 Å². The number of allylic oxidation sites excluding steroid dienone is 2. The summed E-state index contributed by atoms with van der Waals surface area (Å²) >= 11 is 8.61. The average molecular weight is 977 g/mol. The van der Waals surface area contributed by atoms with Crippen LogP contribution in [0.1, 0.15) is 66.8 Å². The second-order valence-corrected chi connectivity index (χ2v) is 19.1. The Labute approximate surface area is 413 Å². The monoisotopic (exact) mass is 976 g/mol. The van der Waals surface area contributed by atoms with E-state index in [1.165, 1.54) is 18.0 Å². The number of ether oxygens (including phenoxy) is 2. The molecule has 3 heterocycles. The van der Waals surface area contributed by atoms with Gasteiger partial charge >= 0.3 is 6.09 Å². The molecule has 2 aliphatic rings. The van der Waals surface area contributed by atoms with Gasteiger partial charge in [-0.1, -0.05) is 168 Å². The number of anilines is 1. The Kier molecular flexibility index (Phi) is 15.1. The molecule has 8 rings (SSSR count). The highest BCUT2D eigenvalue weighted by Crippen LogP contribution is 2.44. The number of carbonyl (C=O) groups is 3. The normalized spacial score (nSPS) is 16.3. The Balaban J connectivity index is 1.15. The molecule has 3 amide bonds. The summed E-state index contributed by atoms with van der Waals surface area (Å²) in [7, 11) is 0. The Morgan fingerprint density at radius 3 is 1.91 bits per heavy atom. The van der Waals surface area contributed by atoms with Crippen LogP contribution in [0.4, 0.5) is 9.93 Å². The molecule has 69 heavy (non-hydrogen) atoms. The molecule has 1 saturated heterocycles. The molecule has 6 aromatic rings. The van der Waals surface area contributed by atoms with Crippen molar-refractivity contribution in [2.45, 2.75) is 55.9 Å². The van der Waals surface area contributed by atoms with Crippen molar-refractivity contribution in [2.24, 2.45) is 10.3 Å². The van der Waals surface area contributed by atoms with Crippen LogP contribution in [-0.4, -0.2) is 72.7 Å². The van der Waals surface area contributed by atoms with E-state index in [-0.39, 0.29) is 21.6 Å². The summed E-state index contributed by atoms with van der Waals surface area (Å²) in [4.78, 5) is 55.3. The van der Waals surface area contributed by atoms with E-state index in [1.807, 2.05) is 152 Å². The first-order valence-electron chi connectivity index (χ1n) is 22.0. The predicted molar refractivity (Wildman–Crippen MR) is 273 cm³/mol. The molecule has 1 unspecified atom stereocenters. The summed E-state index contributed by atoms with van der Waals surface area (Å²) < 4.78 is 12.1. The molecule has 3 N–H and O–H groups in total. The number of thiocarbonyl (C=S) groups is 1. The highest BCUT2D eigenvalue weighted by Gasteiger charge is 2.54. The Morgan fingerprint density at radius 1 is 0.855 bits per heavy atom. The summed E-state index contributed by atoms with van der Waals surface area (Å²) in [6.07, 6.45) is 3.70. The first-order chi connectivity index (χ1) is 33.5. The molecule has 1 fully saturated rings. The van der Waals surface area contributed by atoms with Gasteiger partial charge in [0.05, 0.1) is 11.9 Å². The van der Waals surface area contributed by atoms with Crippen LogP contribution in [-0.2, 0) is 29.5 Å². The van der Waals surface area contributed by atoms with Gasteiger partial charge in [0.1, 0.15) is 28.8 Å². The number of aromatic nitrogens is 1. The van der Waals surface area contributed by atoms with Crippen LogP contribution in [0.3, 0.4) is 0 Å². The van der Waals surface area contributed by atoms with E-state index in [2.05, 4.69) is 25.9 Å². The molecule has 16 heteroatoms. The lowest BCUT2D eigenvalue weighted by Crippen LogP contribution is -2.71. The number of rotatable bonds is 16. The fourth-order valence-corrected chi connectivity index (χ4v) is 10.3. The highest BCUT2D eigenvalue weighted by atomic mass is 32.2. The molecule has 350 valence electrons. The topological polar surface area (TPSA) is 164 Å². The predicted octanol–water partition coefficient (Wildman–Crippen LogP) is 10.4. The van der Waals surface area contributed by atoms with Gasteiger partial charge in [0.15, 0.2) is 10.8 Å². The number of fused-ring (bicyclic) bond motifs is 1. The fourth-order valence-electron chi connectivity index (χ4n) is 7.92. The average Bonchev–Trinajstić information content (AvgIpc) is 3.83. The summed E-state index contributed by atoms with van der Waals surface area (Å²) in [5, 5.41) is 23.6. The number of thiazole rings is 1. The summed E-state index contributed by atoms with van der Waals surface area (Å²) in [5.74, 6) is -0.736. The number of nitrogens with one attached hydrogen (secondary N) is 2. The van der Waals surface area contributed by atoms with E-state index in [0.717, 1.165) is 44.7 Å². The number of amides is 3. The summed E-state index contributed by atoms with van der Waals surface area (Å²) in [5.41, 5.74) is 2.85. The van der Waals surface area contributed by atoms with Crippen molar-refractivity contribution in [1.82, 2.24) is 15.2 Å². The molecule has 0 aliphatic carbocycles. The first kappa shape index (κ1) is 48.1. The smallest absolute Gasteiger partial charge is 0.413 e. The summed E-state index contributed by atoms with van der Waals surface area (Å²) in [6, 6.07) is 47.0. The second-order valence-electron chi connectivity index (χ2n) is 16.8. The number of hydrogen-bond acceptors (Lipinski definition) is 13. The minimum Gasteiger partial charge on any atom is -0.469 e. The van der Waals surface area contributed by atoms with Gasteiger partial charge in [0.25, 0.3) is 11.8 Å². The van der Waals surface area contributed by atoms with Crippen molar-refractivity contribution in [3.05, 3.63) is 214 Å². The first-order valence-corrected chi connectivity index (χ1v) is 24.3. The SMILES string of the molecule is CC(C)(C)OC(=O)Nc1nc(/C(=N/OC(c2ccccc2)(c2ccccc2)c2ccccc2)C(=O)NC2C(=O)N3C(C(=S)OC(c4ccccc4)c4ccccc4)=C(C/C=C\C=N\O)CS[C@H]23)cs1. The van der Waals surface area contributed by atoms with Crippen LogP contribution in [0, 0.1) is 0 Å². The van der Waals surface area contributed by atoms with Gasteiger partial charge in [-0.15, -0.1) is 23.1 Å². The number of thioether (sulfide) groups is 1. The second kappa shape index (κ2) is 21.7. The van der Waals surface area contributed by atoms with Crippen LogP contribution in [0.2, 0.25) is 0 Å². The van der Waals surface area contributed by atoms with E-state index < -0.39 is 46.6 Å². The number of carbonyl (C=O) groups excluding carboxylic acids is 3. The van der Waals surface area contributed by atoms with Crippen molar-refractivity contribution in [3.63, 3.8) is 0 Å². The zero-order valence-corrected chi connectivity index (χ0v) is 40.2. The van der Waals surface area contributed by atoms with Crippen molar-refractivity contribution in [1.29, 1.82) is 0 Å². The van der Waals surface area contributed by atoms with Crippen LogP contribution in [0.15, 0.2) is 191 Å². The van der Waals surface area contributed by atoms with Crippen LogP contribution >= 0.6 is 35.3 Å². The molecule has 5 aromatic carbocycles. The Bertz CT molecular complexity index is 2750. The fraction of sp³-hybridized carbons (Fsp3) is 0.189. The molecule has 2 aliphatic heterocycles. The lowest BCUT2D eigenvalue weighted by molar-refractivity contribution is -0.144. The molecule has 1 aromatic heterocycles. The third kappa shape index (κ3) is 11.0. The molecule has 13 nitrogen and oxygen atoms in total. The van der Waals surface area contributed by atoms with E-state index in [1.54, 1.807) is 43.2 Å². The lowest BCUT2D eigenvalue weighted by Gasteiger charge is -2.50. The number of nitrogens with zero attached hydrogens (tertiary/aromatic N) is 4. The number of hydrogen-bond donors (Lipinski definition) is 3. The van der Waals surface area contributed by atoms with E-state index in [0.29, 0.717) is 17.9 Å². The third-order valence-electron chi connectivity index (χ3n) is 11.0. The van der Waals surface area contributed by atoms with Crippen LogP contribution in [0.5, 0.6) is 0 Å². The van der Waals surface area contributed by atoms with Crippen molar-refractivity contribution in [3.8, 4) is 0 Å². The maximum Gasteiger partial charge on any atom is 0.413 e. The van der Waals surface area contributed by atoms with Gasteiger partial charge < -0.3 is 24.8 Å². The molecule has 0 radical (unpaired) electrons. The van der Waals surface area contributed by atoms with Gasteiger partial charge in [-0.25, -0.2) is 9.78 Å². The van der Waals surface area contributed by atoms with E-state index >= 15 is 0 Å². The molecule has 0 spiro atoms. The van der Waals surface area contributed by atoms with E-state index in [4.69, 9.17) is 31.7 Å². The van der Waals surface area contributed by atoms with Crippen molar-refractivity contribution >= 4 is 75.3 Å². The third-order valence-corrected chi connectivity index (χ3v) is 13.4. The maximum atomic E-state index is 14.9. The highest BCUT2D eigenvalue weighted by molar-refractivity contribution is 8.00. The van der Waals surface area contributed by atoms with Crippen molar-refractivity contribution < 1.29 is 33.9 Å². The number of β-lactam (4-membered cyclic amide) rings is 1. The van der Waals surface area contributed by atoms with Crippen LogP contribution < -0.4 is 10.6 Å². The van der Waals surface area contributed by atoms with Crippen molar-refractivity contribution in [2.75, 3.05) is 11.1 Å². The molecular formula is C53H48N6O7S3. The maximum absolute atomic E-state index is 14.9. The molecule has 2 atom stereocenters. The molecule has 0 saturated carbocycles. The number of benzene rings is 5. The molecular weight excluding hydrogens is 929 g/mol. The Morgan fingerprint density at radius 2 is 1.39 bits per heavy atom. The number of oxime groups is 2. The molecule has 0 bridgehead atoms. The van der Waals surface area contributed by atoms with Gasteiger partial charge in [-0.3, -0.25) is 19.8 Å². The minimum absolute atomic E-state index is 0.0788. The minimum atomic E-state index is -1.37. The summed E-state index contributed by atoms with van der Waals surface area (Å²) in [6.45, 7) is 5.24. The van der Waals surface area contributed by atoms with Gasteiger partial charge in [0.2, 0.25) is 10.7 Å². The largest absolute Gasteiger partial charge is 0.469 e.